The Morgan fingerprint density at radius 2 is 1.89 bits per heavy atom. The van der Waals surface area contributed by atoms with Gasteiger partial charge in [0.15, 0.2) is 0 Å². The summed E-state index contributed by atoms with van der Waals surface area (Å²) < 4.78 is 0. The summed E-state index contributed by atoms with van der Waals surface area (Å²) in [6.07, 6.45) is 9.45. The second kappa shape index (κ2) is 6.41. The van der Waals surface area contributed by atoms with Gasteiger partial charge in [0.1, 0.15) is 0 Å². The minimum Gasteiger partial charge on any atom is -0.335 e. The molecular formula is C14H27N3O. The summed E-state index contributed by atoms with van der Waals surface area (Å²) in [7, 11) is 0. The van der Waals surface area contributed by atoms with Crippen molar-refractivity contribution in [2.75, 3.05) is 6.54 Å². The molecule has 2 fully saturated rings. The van der Waals surface area contributed by atoms with Gasteiger partial charge >= 0.3 is 6.03 Å². The molecule has 1 saturated heterocycles. The van der Waals surface area contributed by atoms with Gasteiger partial charge in [-0.15, -0.1) is 0 Å². The van der Waals surface area contributed by atoms with Crippen LogP contribution in [0.15, 0.2) is 0 Å². The van der Waals surface area contributed by atoms with Crippen LogP contribution >= 0.6 is 0 Å². The first-order chi connectivity index (χ1) is 8.72. The van der Waals surface area contributed by atoms with E-state index in [2.05, 4.69) is 12.2 Å². The highest BCUT2D eigenvalue weighted by Crippen LogP contribution is 2.23. The normalized spacial score (nSPS) is 30.2. The summed E-state index contributed by atoms with van der Waals surface area (Å²) in [5.74, 6) is 0. The molecule has 0 aromatic carbocycles. The second-order valence-electron chi connectivity index (χ2n) is 5.86. The van der Waals surface area contributed by atoms with Gasteiger partial charge in [-0.25, -0.2) is 4.79 Å². The zero-order valence-corrected chi connectivity index (χ0v) is 11.5. The van der Waals surface area contributed by atoms with Gasteiger partial charge < -0.3 is 16.0 Å². The Hall–Kier alpha value is -0.770. The molecule has 2 atom stereocenters. The highest BCUT2D eigenvalue weighted by atomic mass is 16.2. The molecular weight excluding hydrogens is 226 g/mol. The van der Waals surface area contributed by atoms with E-state index in [1.54, 1.807) is 0 Å². The summed E-state index contributed by atoms with van der Waals surface area (Å²) in [6, 6.07) is 1.07. The number of carbonyl (C=O) groups excluding carboxylic acids is 1. The van der Waals surface area contributed by atoms with E-state index in [-0.39, 0.29) is 12.1 Å². The number of amides is 2. The SMILES string of the molecule is CC1CCCC(CN)N1C(=O)NC1CCCCC1. The topological polar surface area (TPSA) is 58.4 Å². The van der Waals surface area contributed by atoms with Crippen LogP contribution in [0.1, 0.15) is 58.3 Å². The Morgan fingerprint density at radius 3 is 2.56 bits per heavy atom. The summed E-state index contributed by atoms with van der Waals surface area (Å²) in [6.45, 7) is 2.73. The lowest BCUT2D eigenvalue weighted by Gasteiger charge is -2.41. The lowest BCUT2D eigenvalue weighted by Crippen LogP contribution is -2.56. The average Bonchev–Trinajstić information content (AvgIpc) is 2.39. The maximum Gasteiger partial charge on any atom is 0.318 e. The number of nitrogens with one attached hydrogen (secondary N) is 1. The number of likely N-dealkylation sites (tertiary alicyclic amines) is 1. The van der Waals surface area contributed by atoms with Crippen molar-refractivity contribution >= 4 is 6.03 Å². The van der Waals surface area contributed by atoms with Gasteiger partial charge in [0, 0.05) is 24.7 Å². The van der Waals surface area contributed by atoms with Crippen LogP contribution in [-0.2, 0) is 0 Å². The van der Waals surface area contributed by atoms with Gasteiger partial charge in [-0.05, 0) is 39.0 Å². The minimum absolute atomic E-state index is 0.115. The number of carbonyl (C=O) groups is 1. The van der Waals surface area contributed by atoms with Crippen LogP contribution in [0.4, 0.5) is 4.79 Å². The third-order valence-electron chi connectivity index (χ3n) is 4.47. The number of hydrogen-bond acceptors (Lipinski definition) is 2. The average molecular weight is 253 g/mol. The highest BCUT2D eigenvalue weighted by molar-refractivity contribution is 5.75. The fraction of sp³-hybridized carbons (Fsp3) is 0.929. The molecule has 1 saturated carbocycles. The molecule has 0 spiro atoms. The summed E-state index contributed by atoms with van der Waals surface area (Å²) in [5, 5.41) is 3.21. The zero-order valence-electron chi connectivity index (χ0n) is 11.5. The first kappa shape index (κ1) is 13.7. The van der Waals surface area contributed by atoms with Crippen LogP contribution in [0, 0.1) is 0 Å². The number of nitrogens with two attached hydrogens (primary N) is 1. The van der Waals surface area contributed by atoms with E-state index in [1.807, 2.05) is 4.90 Å². The fourth-order valence-electron chi connectivity index (χ4n) is 3.38. The van der Waals surface area contributed by atoms with Crippen LogP contribution in [0.5, 0.6) is 0 Å². The predicted molar refractivity (Wildman–Crippen MR) is 73.4 cm³/mol. The van der Waals surface area contributed by atoms with E-state index in [0.29, 0.717) is 18.6 Å². The third kappa shape index (κ3) is 3.16. The summed E-state index contributed by atoms with van der Waals surface area (Å²) in [4.78, 5) is 14.4. The molecule has 0 radical (unpaired) electrons. The van der Waals surface area contributed by atoms with E-state index >= 15 is 0 Å². The van der Waals surface area contributed by atoms with Gasteiger partial charge in [-0.2, -0.15) is 0 Å². The maximum atomic E-state index is 12.4. The van der Waals surface area contributed by atoms with Crippen molar-refractivity contribution in [3.8, 4) is 0 Å². The first-order valence-corrected chi connectivity index (χ1v) is 7.51. The van der Waals surface area contributed by atoms with E-state index in [1.165, 1.54) is 25.7 Å². The van der Waals surface area contributed by atoms with E-state index < -0.39 is 0 Å². The third-order valence-corrected chi connectivity index (χ3v) is 4.47. The molecule has 2 amide bonds. The van der Waals surface area contributed by atoms with Gasteiger partial charge in [0.25, 0.3) is 0 Å². The lowest BCUT2D eigenvalue weighted by molar-refractivity contribution is 0.114. The Labute approximate surface area is 110 Å². The van der Waals surface area contributed by atoms with Gasteiger partial charge in [-0.1, -0.05) is 19.3 Å². The molecule has 4 nitrogen and oxygen atoms in total. The molecule has 3 N–H and O–H groups in total. The molecule has 18 heavy (non-hydrogen) atoms. The van der Waals surface area contributed by atoms with E-state index in [4.69, 9.17) is 5.73 Å². The molecule has 1 aliphatic carbocycles. The lowest BCUT2D eigenvalue weighted by atomic mass is 9.95. The number of nitrogens with zero attached hydrogens (tertiary/aromatic N) is 1. The highest BCUT2D eigenvalue weighted by Gasteiger charge is 2.31. The molecule has 0 bridgehead atoms. The van der Waals surface area contributed by atoms with Crippen LogP contribution in [0.25, 0.3) is 0 Å². The maximum absolute atomic E-state index is 12.4. The van der Waals surface area contributed by atoms with Gasteiger partial charge in [0.2, 0.25) is 0 Å². The molecule has 4 heteroatoms. The van der Waals surface area contributed by atoms with Crippen molar-refractivity contribution < 1.29 is 4.79 Å². The van der Waals surface area contributed by atoms with Crippen molar-refractivity contribution in [3.63, 3.8) is 0 Å². The van der Waals surface area contributed by atoms with Crippen LogP contribution in [0.3, 0.4) is 0 Å². The molecule has 1 heterocycles. The van der Waals surface area contributed by atoms with E-state index in [9.17, 15) is 4.79 Å². The molecule has 0 aromatic heterocycles. The summed E-state index contributed by atoms with van der Waals surface area (Å²) in [5.41, 5.74) is 5.81. The molecule has 2 rings (SSSR count). The van der Waals surface area contributed by atoms with Gasteiger partial charge in [0.05, 0.1) is 0 Å². The quantitative estimate of drug-likeness (QED) is 0.793. The molecule has 104 valence electrons. The number of urea groups is 1. The monoisotopic (exact) mass is 253 g/mol. The molecule has 2 unspecified atom stereocenters. The smallest absolute Gasteiger partial charge is 0.318 e. The second-order valence-corrected chi connectivity index (χ2v) is 5.86. The molecule has 0 aromatic rings. The molecule has 1 aliphatic heterocycles. The summed E-state index contributed by atoms with van der Waals surface area (Å²) >= 11 is 0. The van der Waals surface area contributed by atoms with Crippen LogP contribution in [0.2, 0.25) is 0 Å². The fourth-order valence-corrected chi connectivity index (χ4v) is 3.38. The Kier molecular flexibility index (Phi) is 4.87. The number of rotatable bonds is 2. The Morgan fingerprint density at radius 1 is 1.17 bits per heavy atom. The first-order valence-electron chi connectivity index (χ1n) is 7.51. The minimum atomic E-state index is 0.115. The molecule has 2 aliphatic rings. The zero-order chi connectivity index (χ0) is 13.0. The van der Waals surface area contributed by atoms with Crippen molar-refractivity contribution in [1.29, 1.82) is 0 Å². The van der Waals surface area contributed by atoms with Crippen molar-refractivity contribution in [1.82, 2.24) is 10.2 Å². The standard InChI is InChI=1S/C14H27N3O/c1-11-6-5-9-13(10-15)17(11)14(18)16-12-7-3-2-4-8-12/h11-13H,2-10,15H2,1H3,(H,16,18). The largest absolute Gasteiger partial charge is 0.335 e. The Bertz CT molecular complexity index is 276. The van der Waals surface area contributed by atoms with Crippen LogP contribution in [-0.4, -0.2) is 35.6 Å². The number of piperidine rings is 1. The Balaban J connectivity index is 1.92. The van der Waals surface area contributed by atoms with Gasteiger partial charge in [-0.3, -0.25) is 0 Å². The number of hydrogen-bond donors (Lipinski definition) is 2. The van der Waals surface area contributed by atoms with Crippen molar-refractivity contribution in [2.45, 2.75) is 76.4 Å². The van der Waals surface area contributed by atoms with E-state index in [0.717, 1.165) is 25.7 Å². The van der Waals surface area contributed by atoms with Crippen LogP contribution < -0.4 is 11.1 Å². The predicted octanol–water partition coefficient (Wildman–Crippen LogP) is 2.23. The van der Waals surface area contributed by atoms with Crippen molar-refractivity contribution in [2.24, 2.45) is 5.73 Å². The van der Waals surface area contributed by atoms with Crippen molar-refractivity contribution in [3.05, 3.63) is 0 Å².